The molecule has 0 spiro atoms. The van der Waals surface area contributed by atoms with Crippen molar-refractivity contribution in [2.75, 3.05) is 5.32 Å². The summed E-state index contributed by atoms with van der Waals surface area (Å²) in [7, 11) is 0. The number of hydrogen-bond donors (Lipinski definition) is 2. The Hall–Kier alpha value is -2.96. The Balaban J connectivity index is 2.25. The Morgan fingerprint density at radius 3 is 2.48 bits per heavy atom. The number of nitrogens with one attached hydrogen (secondary N) is 1. The number of aromatic nitrogens is 1. The fourth-order valence-corrected chi connectivity index (χ4v) is 1.71. The first kappa shape index (κ1) is 14.4. The lowest BCUT2D eigenvalue weighted by Gasteiger charge is -2.07. The average molecular weight is 290 g/mol. The van der Waals surface area contributed by atoms with E-state index in [1.807, 2.05) is 0 Å². The van der Waals surface area contributed by atoms with E-state index in [2.05, 4.69) is 5.32 Å². The summed E-state index contributed by atoms with van der Waals surface area (Å²) in [5.41, 5.74) is -0.572. The number of amides is 1. The van der Waals surface area contributed by atoms with Crippen LogP contribution in [0.1, 0.15) is 10.4 Å². The lowest BCUT2D eigenvalue weighted by atomic mass is 10.2. The molecule has 0 bridgehead atoms. The maximum atomic E-state index is 12.8. The quantitative estimate of drug-likeness (QED) is 0.889. The fraction of sp³-hybridized carbons (Fsp3) is 0.0714. The molecule has 0 atom stereocenters. The van der Waals surface area contributed by atoms with Crippen molar-refractivity contribution in [3.05, 3.63) is 64.3 Å². The average Bonchev–Trinajstić information content (AvgIpc) is 2.43. The number of anilines is 1. The molecule has 0 aliphatic carbocycles. The van der Waals surface area contributed by atoms with Crippen LogP contribution in [-0.4, -0.2) is 21.6 Å². The van der Waals surface area contributed by atoms with Gasteiger partial charge in [0, 0.05) is 11.9 Å². The van der Waals surface area contributed by atoms with E-state index >= 15 is 0 Å². The van der Waals surface area contributed by atoms with E-state index < -0.39 is 29.8 Å². The van der Waals surface area contributed by atoms with Crippen molar-refractivity contribution in [3.8, 4) is 0 Å². The monoisotopic (exact) mass is 290 g/mol. The molecule has 6 nitrogen and oxygen atoms in total. The van der Waals surface area contributed by atoms with Crippen molar-refractivity contribution in [1.29, 1.82) is 0 Å². The standard InChI is InChI=1S/C14H11FN2O4/c15-9-3-5-10(6-4-9)16-13(20)11-2-1-7-17(14(11)21)8-12(18)19/h1-7H,8H2,(H,16,20)(H,18,19). The first-order chi connectivity index (χ1) is 9.97. The highest BCUT2D eigenvalue weighted by atomic mass is 19.1. The molecule has 0 aliphatic rings. The number of aliphatic carboxylic acids is 1. The zero-order valence-electron chi connectivity index (χ0n) is 10.7. The molecule has 0 aliphatic heterocycles. The van der Waals surface area contributed by atoms with Crippen LogP contribution < -0.4 is 10.9 Å². The van der Waals surface area contributed by atoms with Gasteiger partial charge in [-0.3, -0.25) is 14.4 Å². The van der Waals surface area contributed by atoms with Gasteiger partial charge < -0.3 is 15.0 Å². The minimum Gasteiger partial charge on any atom is -0.480 e. The van der Waals surface area contributed by atoms with Gasteiger partial charge in [-0.05, 0) is 36.4 Å². The van der Waals surface area contributed by atoms with Crippen molar-refractivity contribution >= 4 is 17.6 Å². The van der Waals surface area contributed by atoms with Crippen molar-refractivity contribution in [2.45, 2.75) is 6.54 Å². The SMILES string of the molecule is O=C(O)Cn1cccc(C(=O)Nc2ccc(F)cc2)c1=O. The van der Waals surface area contributed by atoms with Crippen molar-refractivity contribution in [2.24, 2.45) is 0 Å². The van der Waals surface area contributed by atoms with Crippen molar-refractivity contribution in [1.82, 2.24) is 4.57 Å². The predicted molar refractivity (Wildman–Crippen MR) is 72.7 cm³/mol. The molecule has 7 heteroatoms. The Morgan fingerprint density at radius 1 is 1.19 bits per heavy atom. The van der Waals surface area contributed by atoms with E-state index in [1.165, 1.54) is 42.6 Å². The molecule has 0 unspecified atom stereocenters. The fourth-order valence-electron chi connectivity index (χ4n) is 1.71. The first-order valence-electron chi connectivity index (χ1n) is 5.95. The smallest absolute Gasteiger partial charge is 0.323 e. The third-order valence-electron chi connectivity index (χ3n) is 2.67. The summed E-state index contributed by atoms with van der Waals surface area (Å²) >= 11 is 0. The van der Waals surface area contributed by atoms with Crippen LogP contribution >= 0.6 is 0 Å². The van der Waals surface area contributed by atoms with Gasteiger partial charge in [0.25, 0.3) is 11.5 Å². The molecule has 2 N–H and O–H groups in total. The summed E-state index contributed by atoms with van der Waals surface area (Å²) in [6.45, 7) is -0.531. The summed E-state index contributed by atoms with van der Waals surface area (Å²) < 4.78 is 13.7. The first-order valence-corrected chi connectivity index (χ1v) is 5.95. The summed E-state index contributed by atoms with van der Waals surface area (Å²) in [4.78, 5) is 34.6. The third kappa shape index (κ3) is 3.53. The van der Waals surface area contributed by atoms with E-state index in [0.29, 0.717) is 5.69 Å². The van der Waals surface area contributed by atoms with Crippen LogP contribution in [0, 0.1) is 5.82 Å². The van der Waals surface area contributed by atoms with Crippen LogP contribution in [0.4, 0.5) is 10.1 Å². The number of carboxylic acid groups (broad SMARTS) is 1. The molecular weight excluding hydrogens is 279 g/mol. The number of carboxylic acids is 1. The van der Waals surface area contributed by atoms with E-state index in [4.69, 9.17) is 5.11 Å². The summed E-state index contributed by atoms with van der Waals surface area (Å²) in [5.74, 6) is -2.32. The Kier molecular flexibility index (Phi) is 4.13. The zero-order chi connectivity index (χ0) is 15.4. The summed E-state index contributed by atoms with van der Waals surface area (Å²) in [6, 6.07) is 7.74. The van der Waals surface area contributed by atoms with Gasteiger partial charge in [-0.2, -0.15) is 0 Å². The molecule has 21 heavy (non-hydrogen) atoms. The maximum absolute atomic E-state index is 12.8. The number of pyridine rings is 1. The van der Waals surface area contributed by atoms with Gasteiger partial charge in [-0.1, -0.05) is 0 Å². The van der Waals surface area contributed by atoms with Gasteiger partial charge >= 0.3 is 5.97 Å². The van der Waals surface area contributed by atoms with Gasteiger partial charge in [0.2, 0.25) is 0 Å². The lowest BCUT2D eigenvalue weighted by molar-refractivity contribution is -0.137. The van der Waals surface area contributed by atoms with E-state index in [-0.39, 0.29) is 5.56 Å². The Bertz CT molecular complexity index is 737. The number of carbonyl (C=O) groups excluding carboxylic acids is 1. The second-order valence-electron chi connectivity index (χ2n) is 4.21. The molecule has 1 aromatic carbocycles. The van der Waals surface area contributed by atoms with Gasteiger partial charge in [-0.15, -0.1) is 0 Å². The number of benzene rings is 1. The zero-order valence-corrected chi connectivity index (χ0v) is 10.7. The molecule has 1 amide bonds. The van der Waals surface area contributed by atoms with Crippen LogP contribution in [0.3, 0.4) is 0 Å². The molecule has 108 valence electrons. The highest BCUT2D eigenvalue weighted by molar-refractivity contribution is 6.03. The summed E-state index contributed by atoms with van der Waals surface area (Å²) in [5, 5.41) is 11.1. The van der Waals surface area contributed by atoms with Crippen molar-refractivity contribution in [3.63, 3.8) is 0 Å². The molecule has 2 aromatic rings. The molecule has 0 fully saturated rings. The normalized spacial score (nSPS) is 10.1. The van der Waals surface area contributed by atoms with Gasteiger partial charge in [-0.25, -0.2) is 4.39 Å². The van der Waals surface area contributed by atoms with E-state index in [9.17, 15) is 18.8 Å². The predicted octanol–water partition coefficient (Wildman–Crippen LogP) is 1.32. The van der Waals surface area contributed by atoms with Crippen LogP contribution in [0.25, 0.3) is 0 Å². The molecule has 0 saturated heterocycles. The number of halogens is 1. The Morgan fingerprint density at radius 2 is 1.86 bits per heavy atom. The van der Waals surface area contributed by atoms with Crippen LogP contribution in [0.5, 0.6) is 0 Å². The number of rotatable bonds is 4. The van der Waals surface area contributed by atoms with E-state index in [1.54, 1.807) is 0 Å². The largest absolute Gasteiger partial charge is 0.480 e. The molecule has 1 heterocycles. The lowest BCUT2D eigenvalue weighted by Crippen LogP contribution is -2.30. The molecule has 2 rings (SSSR count). The van der Waals surface area contributed by atoms with Crippen LogP contribution in [-0.2, 0) is 11.3 Å². The number of carbonyl (C=O) groups is 2. The summed E-state index contributed by atoms with van der Waals surface area (Å²) in [6.07, 6.45) is 1.28. The minimum absolute atomic E-state index is 0.192. The Labute approximate surface area is 118 Å². The highest BCUT2D eigenvalue weighted by Gasteiger charge is 2.13. The molecule has 0 radical (unpaired) electrons. The second-order valence-corrected chi connectivity index (χ2v) is 4.21. The van der Waals surface area contributed by atoms with E-state index in [0.717, 1.165) is 4.57 Å². The highest BCUT2D eigenvalue weighted by Crippen LogP contribution is 2.09. The van der Waals surface area contributed by atoms with Crippen LogP contribution in [0.2, 0.25) is 0 Å². The number of hydrogen-bond acceptors (Lipinski definition) is 3. The van der Waals surface area contributed by atoms with Gasteiger partial charge in [0.05, 0.1) is 0 Å². The molecule has 0 saturated carbocycles. The topological polar surface area (TPSA) is 88.4 Å². The van der Waals surface area contributed by atoms with Crippen molar-refractivity contribution < 1.29 is 19.1 Å². The second kappa shape index (κ2) is 6.00. The maximum Gasteiger partial charge on any atom is 0.323 e. The third-order valence-corrected chi connectivity index (χ3v) is 2.67. The number of nitrogens with zero attached hydrogens (tertiary/aromatic N) is 1. The van der Waals surface area contributed by atoms with Crippen LogP contribution in [0.15, 0.2) is 47.4 Å². The molecular formula is C14H11FN2O4. The minimum atomic E-state index is -1.19. The van der Waals surface area contributed by atoms with Gasteiger partial charge in [0.1, 0.15) is 17.9 Å². The molecule has 1 aromatic heterocycles. The van der Waals surface area contributed by atoms with Gasteiger partial charge in [0.15, 0.2) is 0 Å².